The van der Waals surface area contributed by atoms with Crippen molar-refractivity contribution in [1.29, 1.82) is 0 Å². The van der Waals surface area contributed by atoms with E-state index in [0.717, 1.165) is 77.2 Å². The summed E-state index contributed by atoms with van der Waals surface area (Å²) in [6, 6.07) is 29.3. The van der Waals surface area contributed by atoms with E-state index in [9.17, 15) is 0 Å². The molecule has 0 spiro atoms. The van der Waals surface area contributed by atoms with Gasteiger partial charge in [-0.25, -0.2) is 0 Å². The fourth-order valence-corrected chi connectivity index (χ4v) is 5.67. The zero-order chi connectivity index (χ0) is 25.5. The third-order valence-corrected chi connectivity index (χ3v) is 7.21. The number of hydrogen-bond acceptors (Lipinski definition) is 1. The smallest absolute Gasteiger partial charge is 0.136 e. The van der Waals surface area contributed by atoms with Gasteiger partial charge in [0.05, 0.1) is 0 Å². The minimum atomic E-state index is 0.870. The van der Waals surface area contributed by atoms with Gasteiger partial charge in [0.1, 0.15) is 11.2 Å². The molecule has 0 bridgehead atoms. The Kier molecular flexibility index (Phi) is 5.47. The lowest BCUT2D eigenvalue weighted by Gasteiger charge is -2.22. The zero-order valence-electron chi connectivity index (χ0n) is 20.6. The van der Waals surface area contributed by atoms with E-state index in [4.69, 9.17) is 4.42 Å². The summed E-state index contributed by atoms with van der Waals surface area (Å²) < 4.78 is 6.24. The van der Waals surface area contributed by atoms with Crippen molar-refractivity contribution in [2.45, 2.75) is 0 Å². The van der Waals surface area contributed by atoms with Crippen molar-refractivity contribution >= 4 is 57.0 Å². The number of hydrogen-bond donors (Lipinski definition) is 0. The Morgan fingerprint density at radius 3 is 1.65 bits per heavy atom. The highest BCUT2D eigenvalue weighted by molar-refractivity contribution is 6.19. The van der Waals surface area contributed by atoms with Crippen molar-refractivity contribution < 1.29 is 4.42 Å². The zero-order valence-corrected chi connectivity index (χ0v) is 20.6. The molecule has 0 N–H and O–H groups in total. The Morgan fingerprint density at radius 1 is 0.459 bits per heavy atom. The molecule has 5 aromatic carbocycles. The minimum absolute atomic E-state index is 0.870. The van der Waals surface area contributed by atoms with Crippen molar-refractivity contribution in [3.8, 4) is 22.3 Å². The molecule has 0 radical (unpaired) electrons. The summed E-state index contributed by atoms with van der Waals surface area (Å²) >= 11 is 0. The van der Waals surface area contributed by atoms with Crippen molar-refractivity contribution in [2.24, 2.45) is 0 Å². The summed E-state index contributed by atoms with van der Waals surface area (Å²) in [5.74, 6) is 0. The highest BCUT2D eigenvalue weighted by atomic mass is 16.3. The van der Waals surface area contributed by atoms with Crippen LogP contribution in [0.1, 0.15) is 22.3 Å². The lowest BCUT2D eigenvalue weighted by molar-refractivity contribution is 0.669. The molecule has 0 saturated carbocycles. The van der Waals surface area contributed by atoms with Gasteiger partial charge < -0.3 is 4.42 Å². The van der Waals surface area contributed by atoms with Crippen LogP contribution in [0.15, 0.2) is 116 Å². The molecule has 1 heteroatoms. The third-order valence-electron chi connectivity index (χ3n) is 7.21. The first-order valence-corrected chi connectivity index (χ1v) is 12.3. The maximum atomic E-state index is 6.24. The highest BCUT2D eigenvalue weighted by Gasteiger charge is 2.22. The lowest BCUT2D eigenvalue weighted by Crippen LogP contribution is -1.98. The van der Waals surface area contributed by atoms with Crippen LogP contribution in [0.2, 0.25) is 0 Å². The maximum Gasteiger partial charge on any atom is 0.136 e. The van der Waals surface area contributed by atoms with Gasteiger partial charge in [-0.1, -0.05) is 123 Å². The van der Waals surface area contributed by atoms with Crippen LogP contribution in [0.25, 0.3) is 79.3 Å². The Bertz CT molecular complexity index is 1890. The predicted octanol–water partition coefficient (Wildman–Crippen LogP) is 10.6. The molecule has 0 aliphatic heterocycles. The molecule has 6 rings (SSSR count). The first kappa shape index (κ1) is 22.6. The summed E-state index contributed by atoms with van der Waals surface area (Å²) in [5, 5.41) is 4.50. The van der Waals surface area contributed by atoms with Crippen LogP contribution < -0.4 is 0 Å². The number of fused-ring (bicyclic) bond motifs is 4. The van der Waals surface area contributed by atoms with Crippen LogP contribution in [-0.2, 0) is 0 Å². The van der Waals surface area contributed by atoms with Gasteiger partial charge in [0.15, 0.2) is 0 Å². The predicted molar refractivity (Wildman–Crippen MR) is 162 cm³/mol. The fourth-order valence-electron chi connectivity index (χ4n) is 5.67. The molecule has 0 aliphatic rings. The van der Waals surface area contributed by atoms with Gasteiger partial charge >= 0.3 is 0 Å². The van der Waals surface area contributed by atoms with Gasteiger partial charge in [-0.2, -0.15) is 0 Å². The SMILES string of the molecule is C=Cc1cccc(-c2c(C=C)c(C=C)c(-c3cccc4oc5ccccc5c34)c3ccccc23)c1C=C. The average Bonchev–Trinajstić information content (AvgIpc) is 3.34. The quantitative estimate of drug-likeness (QED) is 0.234. The van der Waals surface area contributed by atoms with Gasteiger partial charge in [0.2, 0.25) is 0 Å². The molecule has 1 heterocycles. The lowest BCUT2D eigenvalue weighted by atomic mass is 9.81. The van der Waals surface area contributed by atoms with Crippen LogP contribution in [0.4, 0.5) is 0 Å². The van der Waals surface area contributed by atoms with Gasteiger partial charge in [0, 0.05) is 10.8 Å². The van der Waals surface area contributed by atoms with Crippen molar-refractivity contribution in [3.63, 3.8) is 0 Å². The second-order valence-electron chi connectivity index (χ2n) is 9.02. The first-order valence-electron chi connectivity index (χ1n) is 12.3. The van der Waals surface area contributed by atoms with Crippen molar-refractivity contribution in [3.05, 3.63) is 133 Å². The second kappa shape index (κ2) is 8.96. The van der Waals surface area contributed by atoms with Crippen LogP contribution in [0.5, 0.6) is 0 Å². The van der Waals surface area contributed by atoms with Crippen LogP contribution in [-0.4, -0.2) is 0 Å². The molecule has 0 amide bonds. The molecule has 0 atom stereocenters. The third kappa shape index (κ3) is 3.32. The maximum absolute atomic E-state index is 6.24. The molecule has 0 saturated heterocycles. The van der Waals surface area contributed by atoms with Crippen molar-refractivity contribution in [1.82, 2.24) is 0 Å². The molecule has 0 aliphatic carbocycles. The number of furan rings is 1. The van der Waals surface area contributed by atoms with E-state index < -0.39 is 0 Å². The summed E-state index contributed by atoms with van der Waals surface area (Å²) in [7, 11) is 0. The molecule has 176 valence electrons. The summed E-state index contributed by atoms with van der Waals surface area (Å²) in [6.07, 6.45) is 7.69. The van der Waals surface area contributed by atoms with Gasteiger partial charge in [0.25, 0.3) is 0 Å². The molecular formula is C36H26O. The molecule has 0 unspecified atom stereocenters. The van der Waals surface area contributed by atoms with E-state index in [1.54, 1.807) is 0 Å². The molecule has 0 fully saturated rings. The van der Waals surface area contributed by atoms with Crippen LogP contribution >= 0.6 is 0 Å². The Hall–Kier alpha value is -4.88. The topological polar surface area (TPSA) is 13.1 Å². The first-order chi connectivity index (χ1) is 18.2. The monoisotopic (exact) mass is 474 g/mol. The molecule has 1 aromatic heterocycles. The van der Waals surface area contributed by atoms with Crippen molar-refractivity contribution in [2.75, 3.05) is 0 Å². The summed E-state index contributed by atoms with van der Waals surface area (Å²) in [4.78, 5) is 0. The Balaban J connectivity index is 1.83. The number of rotatable bonds is 6. The minimum Gasteiger partial charge on any atom is -0.456 e. The molecule has 1 nitrogen and oxygen atoms in total. The van der Waals surface area contributed by atoms with Crippen LogP contribution in [0.3, 0.4) is 0 Å². The Morgan fingerprint density at radius 2 is 1.00 bits per heavy atom. The van der Waals surface area contributed by atoms with E-state index in [0.29, 0.717) is 0 Å². The number of benzene rings is 5. The largest absolute Gasteiger partial charge is 0.456 e. The average molecular weight is 475 g/mol. The molecule has 6 aromatic rings. The van der Waals surface area contributed by atoms with E-state index >= 15 is 0 Å². The summed E-state index contributed by atoms with van der Waals surface area (Å²) in [6.45, 7) is 16.7. The van der Waals surface area contributed by atoms with Crippen LogP contribution in [0, 0.1) is 0 Å². The van der Waals surface area contributed by atoms with Gasteiger partial charge in [-0.15, -0.1) is 0 Å². The normalized spacial score (nSPS) is 11.1. The highest BCUT2D eigenvalue weighted by Crippen LogP contribution is 2.47. The van der Waals surface area contributed by atoms with E-state index in [1.165, 1.54) is 0 Å². The fraction of sp³-hybridized carbons (Fsp3) is 0. The van der Waals surface area contributed by atoms with E-state index in [2.05, 4.69) is 93.0 Å². The standard InChI is InChI=1S/C36H26O/c1-5-23-15-13-19-27(24(23)6-2)34-25(7-3)26(8-4)35(29-17-10-9-16-28(29)34)31-20-14-22-33-36(31)30-18-11-12-21-32(30)37-33/h5-22H,1-4H2. The van der Waals surface area contributed by atoms with Gasteiger partial charge in [-0.3, -0.25) is 0 Å². The second-order valence-corrected chi connectivity index (χ2v) is 9.02. The Labute approximate surface area is 217 Å². The molecule has 37 heavy (non-hydrogen) atoms. The van der Waals surface area contributed by atoms with Gasteiger partial charge in [-0.05, 0) is 67.4 Å². The van der Waals surface area contributed by atoms with E-state index in [-0.39, 0.29) is 0 Å². The summed E-state index contributed by atoms with van der Waals surface area (Å²) in [5.41, 5.74) is 10.4. The number of para-hydroxylation sites is 1. The molecular weight excluding hydrogens is 448 g/mol. The van der Waals surface area contributed by atoms with E-state index in [1.807, 2.05) is 42.5 Å².